The van der Waals surface area contributed by atoms with Crippen molar-refractivity contribution in [2.45, 2.75) is 32.3 Å². The second-order valence-electron chi connectivity index (χ2n) is 6.48. The minimum Gasteiger partial charge on any atom is -0.493 e. The second-order valence-corrected chi connectivity index (χ2v) is 6.48. The maximum Gasteiger partial charge on any atom is 0.231 e. The van der Waals surface area contributed by atoms with Crippen molar-refractivity contribution in [3.63, 3.8) is 0 Å². The number of benzene rings is 2. The average molecular weight is 338 g/mol. The first kappa shape index (κ1) is 15.9. The third kappa shape index (κ3) is 2.82. The molecule has 0 radical (unpaired) electrons. The van der Waals surface area contributed by atoms with Crippen LogP contribution in [0.1, 0.15) is 36.5 Å². The Bertz CT molecular complexity index is 825. The summed E-state index contributed by atoms with van der Waals surface area (Å²) >= 11 is 0. The van der Waals surface area contributed by atoms with Crippen LogP contribution >= 0.6 is 0 Å². The number of rotatable bonds is 4. The fourth-order valence-electron chi connectivity index (χ4n) is 3.52. The summed E-state index contributed by atoms with van der Waals surface area (Å²) in [4.78, 5) is 0. The molecule has 4 rings (SSSR count). The van der Waals surface area contributed by atoms with Crippen LogP contribution < -0.4 is 18.9 Å². The molecule has 2 heterocycles. The first-order chi connectivity index (χ1) is 12.2. The Kier molecular flexibility index (Phi) is 4.04. The maximum atomic E-state index is 6.28. The number of allylic oxidation sites excluding steroid dienone is 1. The number of hydrogen-bond acceptors (Lipinski definition) is 4. The van der Waals surface area contributed by atoms with Gasteiger partial charge in [0.2, 0.25) is 6.79 Å². The monoisotopic (exact) mass is 338 g/mol. The lowest BCUT2D eigenvalue weighted by atomic mass is 9.92. The molecule has 0 aliphatic carbocycles. The lowest BCUT2D eigenvalue weighted by Gasteiger charge is -2.16. The van der Waals surface area contributed by atoms with Gasteiger partial charge in [-0.05, 0) is 42.3 Å². The highest BCUT2D eigenvalue weighted by Gasteiger charge is 2.34. The van der Waals surface area contributed by atoms with E-state index in [0.29, 0.717) is 12.7 Å². The molecule has 4 nitrogen and oxygen atoms in total. The molecule has 4 heteroatoms. The predicted molar refractivity (Wildman–Crippen MR) is 96.8 cm³/mol. The molecule has 0 spiro atoms. The van der Waals surface area contributed by atoms with Gasteiger partial charge in [-0.15, -0.1) is 0 Å². The van der Waals surface area contributed by atoms with Crippen molar-refractivity contribution in [1.82, 2.24) is 0 Å². The summed E-state index contributed by atoms with van der Waals surface area (Å²) in [7, 11) is 1.69. The molecule has 0 bridgehead atoms. The molecule has 0 saturated carbocycles. The molecular weight excluding hydrogens is 316 g/mol. The SMILES string of the molecule is C/C=C/c1cc(OC)c2c(c1)[C@H](C)[C@@H](Cc1ccc3c(c1)OCO3)O2. The molecule has 0 saturated heterocycles. The minimum atomic E-state index is 0.0742. The molecule has 2 aliphatic heterocycles. The van der Waals surface area contributed by atoms with Crippen molar-refractivity contribution in [2.75, 3.05) is 13.9 Å². The van der Waals surface area contributed by atoms with Gasteiger partial charge in [0.1, 0.15) is 6.10 Å². The maximum absolute atomic E-state index is 6.28. The van der Waals surface area contributed by atoms with Gasteiger partial charge in [0.05, 0.1) is 7.11 Å². The van der Waals surface area contributed by atoms with Crippen LogP contribution in [0, 0.1) is 0 Å². The standard InChI is InChI=1S/C21H22O4/c1-4-5-14-8-16-13(2)18(25-21(16)20(11-14)22-3)9-15-6-7-17-19(10-15)24-12-23-17/h4-8,10-11,13,18H,9,12H2,1-3H3/b5-4+/t13-,18+/m0/s1. The van der Waals surface area contributed by atoms with Crippen LogP contribution in [0.4, 0.5) is 0 Å². The van der Waals surface area contributed by atoms with E-state index < -0.39 is 0 Å². The Hall–Kier alpha value is -2.62. The third-order valence-electron chi connectivity index (χ3n) is 4.88. The Morgan fingerprint density at radius 1 is 1.16 bits per heavy atom. The summed E-state index contributed by atoms with van der Waals surface area (Å²) in [6.45, 7) is 4.52. The topological polar surface area (TPSA) is 36.9 Å². The molecule has 2 aromatic rings. The van der Waals surface area contributed by atoms with Crippen LogP contribution in [-0.2, 0) is 6.42 Å². The molecule has 0 unspecified atom stereocenters. The van der Waals surface area contributed by atoms with E-state index in [1.807, 2.05) is 31.2 Å². The van der Waals surface area contributed by atoms with Crippen molar-refractivity contribution in [3.05, 3.63) is 53.1 Å². The van der Waals surface area contributed by atoms with E-state index >= 15 is 0 Å². The van der Waals surface area contributed by atoms with E-state index in [1.165, 1.54) is 11.1 Å². The Balaban J connectivity index is 1.60. The Morgan fingerprint density at radius 3 is 2.80 bits per heavy atom. The van der Waals surface area contributed by atoms with Crippen molar-refractivity contribution >= 4 is 6.08 Å². The van der Waals surface area contributed by atoms with Crippen LogP contribution in [-0.4, -0.2) is 20.0 Å². The van der Waals surface area contributed by atoms with E-state index in [4.69, 9.17) is 18.9 Å². The van der Waals surface area contributed by atoms with Gasteiger partial charge in [-0.3, -0.25) is 0 Å². The van der Waals surface area contributed by atoms with Gasteiger partial charge in [-0.1, -0.05) is 25.1 Å². The summed E-state index contributed by atoms with van der Waals surface area (Å²) in [5, 5.41) is 0. The van der Waals surface area contributed by atoms with Crippen molar-refractivity contribution in [1.29, 1.82) is 0 Å². The van der Waals surface area contributed by atoms with E-state index in [1.54, 1.807) is 7.11 Å². The third-order valence-corrected chi connectivity index (χ3v) is 4.88. The second kappa shape index (κ2) is 6.36. The molecule has 130 valence electrons. The smallest absolute Gasteiger partial charge is 0.231 e. The molecule has 0 N–H and O–H groups in total. The van der Waals surface area contributed by atoms with E-state index in [0.717, 1.165) is 35.0 Å². The van der Waals surface area contributed by atoms with Gasteiger partial charge >= 0.3 is 0 Å². The van der Waals surface area contributed by atoms with Crippen molar-refractivity contribution < 1.29 is 18.9 Å². The zero-order valence-electron chi connectivity index (χ0n) is 14.7. The lowest BCUT2D eigenvalue weighted by molar-refractivity contribution is 0.174. The molecule has 0 fully saturated rings. The molecule has 0 amide bonds. The zero-order valence-corrected chi connectivity index (χ0v) is 14.7. The highest BCUT2D eigenvalue weighted by Crippen LogP contribution is 2.46. The lowest BCUT2D eigenvalue weighted by Crippen LogP contribution is -2.19. The van der Waals surface area contributed by atoms with Crippen molar-refractivity contribution in [2.24, 2.45) is 0 Å². The number of methoxy groups -OCH3 is 1. The fraction of sp³-hybridized carbons (Fsp3) is 0.333. The molecule has 0 aromatic heterocycles. The van der Waals surface area contributed by atoms with Gasteiger partial charge in [0, 0.05) is 17.9 Å². The fourth-order valence-corrected chi connectivity index (χ4v) is 3.52. The average Bonchev–Trinajstić information content (AvgIpc) is 3.20. The van der Waals surface area contributed by atoms with Gasteiger partial charge in [-0.25, -0.2) is 0 Å². The summed E-state index contributed by atoms with van der Waals surface area (Å²) < 4.78 is 22.7. The normalized spacial score (nSPS) is 20.6. The molecule has 2 aromatic carbocycles. The van der Waals surface area contributed by atoms with Gasteiger partial charge in [-0.2, -0.15) is 0 Å². The highest BCUT2D eigenvalue weighted by atomic mass is 16.7. The summed E-state index contributed by atoms with van der Waals surface area (Å²) in [5.41, 5.74) is 3.53. The first-order valence-corrected chi connectivity index (χ1v) is 8.59. The van der Waals surface area contributed by atoms with E-state index in [-0.39, 0.29) is 6.10 Å². The number of fused-ring (bicyclic) bond motifs is 2. The summed E-state index contributed by atoms with van der Waals surface area (Å²) in [5.74, 6) is 3.58. The minimum absolute atomic E-state index is 0.0742. The zero-order chi connectivity index (χ0) is 17.4. The Labute approximate surface area is 148 Å². The van der Waals surface area contributed by atoms with E-state index in [2.05, 4.69) is 25.1 Å². The molecule has 2 aliphatic rings. The quantitative estimate of drug-likeness (QED) is 0.819. The van der Waals surface area contributed by atoms with Gasteiger partial charge in [0.25, 0.3) is 0 Å². The van der Waals surface area contributed by atoms with Crippen LogP contribution in [0.25, 0.3) is 6.08 Å². The summed E-state index contributed by atoms with van der Waals surface area (Å²) in [6.07, 6.45) is 5.01. The molecule has 25 heavy (non-hydrogen) atoms. The van der Waals surface area contributed by atoms with Crippen LogP contribution in [0.5, 0.6) is 23.0 Å². The van der Waals surface area contributed by atoms with Crippen LogP contribution in [0.3, 0.4) is 0 Å². The van der Waals surface area contributed by atoms with E-state index in [9.17, 15) is 0 Å². The molecular formula is C21H22O4. The molecule has 2 atom stereocenters. The van der Waals surface area contributed by atoms with Crippen LogP contribution in [0.2, 0.25) is 0 Å². The first-order valence-electron chi connectivity index (χ1n) is 8.59. The summed E-state index contributed by atoms with van der Waals surface area (Å²) in [6, 6.07) is 10.3. The van der Waals surface area contributed by atoms with Crippen molar-refractivity contribution in [3.8, 4) is 23.0 Å². The van der Waals surface area contributed by atoms with Gasteiger partial charge < -0.3 is 18.9 Å². The largest absolute Gasteiger partial charge is 0.493 e. The number of hydrogen-bond donors (Lipinski definition) is 0. The number of ether oxygens (including phenoxy) is 4. The van der Waals surface area contributed by atoms with Crippen LogP contribution in [0.15, 0.2) is 36.4 Å². The van der Waals surface area contributed by atoms with Gasteiger partial charge in [0.15, 0.2) is 23.0 Å². The highest BCUT2D eigenvalue weighted by molar-refractivity contribution is 5.61. The predicted octanol–water partition coefficient (Wildman–Crippen LogP) is 4.56. The Morgan fingerprint density at radius 2 is 2.00 bits per heavy atom.